The van der Waals surface area contributed by atoms with Crippen molar-refractivity contribution in [3.8, 4) is 0 Å². The summed E-state index contributed by atoms with van der Waals surface area (Å²) in [4.78, 5) is 15.7. The molecule has 2 N–H and O–H groups in total. The lowest BCUT2D eigenvalue weighted by Gasteiger charge is -2.09. The first-order valence-electron chi connectivity index (χ1n) is 5.43. The van der Waals surface area contributed by atoms with E-state index in [1.165, 1.54) is 6.20 Å². The third-order valence-electron chi connectivity index (χ3n) is 2.23. The van der Waals surface area contributed by atoms with E-state index >= 15 is 0 Å². The first-order valence-corrected chi connectivity index (χ1v) is 6.22. The molecule has 96 valence electrons. The molecular weight excluding hydrogens is 282 g/mol. The second kappa shape index (κ2) is 6.26. The molecule has 0 aliphatic carbocycles. The molecule has 1 heterocycles. The number of rotatable bonds is 2. The zero-order valence-corrected chi connectivity index (χ0v) is 11.3. The van der Waals surface area contributed by atoms with Crippen molar-refractivity contribution in [2.75, 3.05) is 5.32 Å². The van der Waals surface area contributed by atoms with Gasteiger partial charge in [0.25, 0.3) is 5.91 Å². The van der Waals surface area contributed by atoms with Crippen LogP contribution in [0, 0.1) is 0 Å². The molecule has 0 atom stereocenters. The number of carbonyl (C=O) groups excluding carboxylic acids is 1. The fourth-order valence-corrected chi connectivity index (χ4v) is 1.80. The molecule has 6 heteroatoms. The van der Waals surface area contributed by atoms with Crippen LogP contribution >= 0.6 is 23.8 Å². The van der Waals surface area contributed by atoms with Crippen molar-refractivity contribution >= 4 is 40.5 Å². The van der Waals surface area contributed by atoms with Gasteiger partial charge in [-0.2, -0.15) is 0 Å². The number of carbonyl (C=O) groups is 1. The highest BCUT2D eigenvalue weighted by Crippen LogP contribution is 2.14. The smallest absolute Gasteiger partial charge is 0.258 e. The summed E-state index contributed by atoms with van der Waals surface area (Å²) in [6.07, 6.45) is 3.07. The summed E-state index contributed by atoms with van der Waals surface area (Å²) in [7, 11) is 0. The second-order valence-electron chi connectivity index (χ2n) is 3.66. The first kappa shape index (κ1) is 13.5. The molecule has 1 aromatic carbocycles. The largest absolute Gasteiger partial charge is 0.332 e. The van der Waals surface area contributed by atoms with E-state index in [0.29, 0.717) is 16.3 Å². The van der Waals surface area contributed by atoms with E-state index in [1.54, 1.807) is 42.6 Å². The van der Waals surface area contributed by atoms with Crippen molar-refractivity contribution in [2.45, 2.75) is 0 Å². The molecule has 1 aromatic heterocycles. The number of aromatic nitrogens is 1. The summed E-state index contributed by atoms with van der Waals surface area (Å²) in [6.45, 7) is 0. The van der Waals surface area contributed by atoms with Crippen LogP contribution in [0.4, 0.5) is 5.69 Å². The monoisotopic (exact) mass is 291 g/mol. The summed E-state index contributed by atoms with van der Waals surface area (Å²) in [5.41, 5.74) is 1.15. The third-order valence-corrected chi connectivity index (χ3v) is 2.67. The Bertz CT molecular complexity index is 604. The Labute approximate surface area is 120 Å². The number of amides is 1. The Hall–Kier alpha value is -1.98. The molecule has 0 bridgehead atoms. The maximum atomic E-state index is 11.8. The van der Waals surface area contributed by atoms with Gasteiger partial charge in [-0.3, -0.25) is 15.1 Å². The van der Waals surface area contributed by atoms with Gasteiger partial charge in [0.2, 0.25) is 0 Å². The zero-order valence-electron chi connectivity index (χ0n) is 9.76. The minimum Gasteiger partial charge on any atom is -0.332 e. The molecule has 0 aliphatic rings. The highest BCUT2D eigenvalue weighted by molar-refractivity contribution is 7.80. The topological polar surface area (TPSA) is 54.0 Å². The average Bonchev–Trinajstić information content (AvgIpc) is 2.39. The Morgan fingerprint density at radius 1 is 1.26 bits per heavy atom. The van der Waals surface area contributed by atoms with Crippen LogP contribution in [0.5, 0.6) is 0 Å². The number of hydrogen-bond acceptors (Lipinski definition) is 3. The Kier molecular flexibility index (Phi) is 4.43. The molecule has 0 aliphatic heterocycles. The predicted molar refractivity (Wildman–Crippen MR) is 79.4 cm³/mol. The van der Waals surface area contributed by atoms with Gasteiger partial charge in [0.05, 0.1) is 5.56 Å². The van der Waals surface area contributed by atoms with Crippen molar-refractivity contribution in [3.63, 3.8) is 0 Å². The SMILES string of the molecule is O=C(NC(=S)Nc1cccc(Cl)c1)c1cccnc1. The summed E-state index contributed by atoms with van der Waals surface area (Å²) in [5.74, 6) is -0.312. The number of nitrogens with zero attached hydrogens (tertiary/aromatic N) is 1. The minimum atomic E-state index is -0.312. The maximum Gasteiger partial charge on any atom is 0.258 e. The van der Waals surface area contributed by atoms with Crippen LogP contribution in [0.1, 0.15) is 10.4 Å². The van der Waals surface area contributed by atoms with Crippen molar-refractivity contribution in [1.29, 1.82) is 0 Å². The van der Waals surface area contributed by atoms with E-state index < -0.39 is 0 Å². The molecular formula is C13H10ClN3OS. The molecule has 4 nitrogen and oxygen atoms in total. The summed E-state index contributed by atoms with van der Waals surface area (Å²) < 4.78 is 0. The predicted octanol–water partition coefficient (Wildman–Crippen LogP) is 2.86. The maximum absolute atomic E-state index is 11.8. The molecule has 1 amide bonds. The van der Waals surface area contributed by atoms with Crippen LogP contribution in [0.15, 0.2) is 48.8 Å². The van der Waals surface area contributed by atoms with Crippen LogP contribution in [0.2, 0.25) is 5.02 Å². The van der Waals surface area contributed by atoms with Gasteiger partial charge in [-0.15, -0.1) is 0 Å². The molecule has 0 unspecified atom stereocenters. The second-order valence-corrected chi connectivity index (χ2v) is 4.50. The van der Waals surface area contributed by atoms with Crippen LogP contribution in [-0.4, -0.2) is 16.0 Å². The van der Waals surface area contributed by atoms with Crippen LogP contribution in [0.3, 0.4) is 0 Å². The third kappa shape index (κ3) is 4.01. The lowest BCUT2D eigenvalue weighted by molar-refractivity contribution is 0.0977. The quantitative estimate of drug-likeness (QED) is 0.836. The van der Waals surface area contributed by atoms with E-state index in [1.807, 2.05) is 0 Å². The number of halogens is 1. The highest BCUT2D eigenvalue weighted by atomic mass is 35.5. The van der Waals surface area contributed by atoms with Crippen LogP contribution in [0.25, 0.3) is 0 Å². The van der Waals surface area contributed by atoms with Gasteiger partial charge in [0.1, 0.15) is 0 Å². The van der Waals surface area contributed by atoms with E-state index in [9.17, 15) is 4.79 Å². The Morgan fingerprint density at radius 3 is 2.79 bits per heavy atom. The van der Waals surface area contributed by atoms with E-state index in [0.717, 1.165) is 0 Å². The first-order chi connectivity index (χ1) is 9.15. The van der Waals surface area contributed by atoms with Crippen molar-refractivity contribution < 1.29 is 4.79 Å². The fourth-order valence-electron chi connectivity index (χ4n) is 1.40. The highest BCUT2D eigenvalue weighted by Gasteiger charge is 2.07. The number of anilines is 1. The van der Waals surface area contributed by atoms with Gasteiger partial charge in [-0.1, -0.05) is 17.7 Å². The van der Waals surface area contributed by atoms with Gasteiger partial charge in [0.15, 0.2) is 5.11 Å². The molecule has 0 saturated carbocycles. The number of nitrogens with one attached hydrogen (secondary N) is 2. The molecule has 2 rings (SSSR count). The average molecular weight is 292 g/mol. The van der Waals surface area contributed by atoms with Gasteiger partial charge in [-0.05, 0) is 42.5 Å². The molecule has 19 heavy (non-hydrogen) atoms. The van der Waals surface area contributed by atoms with Gasteiger partial charge >= 0.3 is 0 Å². The summed E-state index contributed by atoms with van der Waals surface area (Å²) in [5, 5.41) is 6.23. The summed E-state index contributed by atoms with van der Waals surface area (Å²) >= 11 is 10.9. The van der Waals surface area contributed by atoms with Gasteiger partial charge in [0, 0.05) is 23.1 Å². The van der Waals surface area contributed by atoms with Crippen molar-refractivity contribution in [3.05, 3.63) is 59.4 Å². The van der Waals surface area contributed by atoms with Crippen molar-refractivity contribution in [1.82, 2.24) is 10.3 Å². The molecule has 0 radical (unpaired) electrons. The van der Waals surface area contributed by atoms with E-state index in [4.69, 9.17) is 23.8 Å². The molecule has 0 spiro atoms. The summed E-state index contributed by atoms with van der Waals surface area (Å²) in [6, 6.07) is 10.4. The number of hydrogen-bond donors (Lipinski definition) is 2. The number of pyridine rings is 1. The molecule has 0 fully saturated rings. The standard InChI is InChI=1S/C13H10ClN3OS/c14-10-4-1-5-11(7-10)16-13(19)17-12(18)9-3-2-6-15-8-9/h1-8H,(H2,16,17,18,19). The number of benzene rings is 1. The van der Waals surface area contributed by atoms with Crippen molar-refractivity contribution in [2.24, 2.45) is 0 Å². The van der Waals surface area contributed by atoms with Gasteiger partial charge < -0.3 is 5.32 Å². The molecule has 0 saturated heterocycles. The lowest BCUT2D eigenvalue weighted by atomic mass is 10.3. The normalized spacial score (nSPS) is 9.74. The van der Waals surface area contributed by atoms with Crippen LogP contribution < -0.4 is 10.6 Å². The Morgan fingerprint density at radius 2 is 2.11 bits per heavy atom. The van der Waals surface area contributed by atoms with E-state index in [-0.39, 0.29) is 11.0 Å². The fraction of sp³-hybridized carbons (Fsp3) is 0. The van der Waals surface area contributed by atoms with Gasteiger partial charge in [-0.25, -0.2) is 0 Å². The van der Waals surface area contributed by atoms with Crippen LogP contribution in [-0.2, 0) is 0 Å². The van der Waals surface area contributed by atoms with E-state index in [2.05, 4.69) is 15.6 Å². The minimum absolute atomic E-state index is 0.205. The zero-order chi connectivity index (χ0) is 13.7. The molecule has 2 aromatic rings. The number of thiocarbonyl (C=S) groups is 1. The Balaban J connectivity index is 1.97. The lowest BCUT2D eigenvalue weighted by Crippen LogP contribution is -2.34.